The van der Waals surface area contributed by atoms with Crippen LogP contribution in [-0.2, 0) is 28.0 Å². The van der Waals surface area contributed by atoms with Gasteiger partial charge in [0.15, 0.2) is 16.8 Å². The van der Waals surface area contributed by atoms with Crippen molar-refractivity contribution in [2.45, 2.75) is 46.0 Å². The van der Waals surface area contributed by atoms with Gasteiger partial charge in [0, 0.05) is 4.91 Å². The number of carbonyl (C=O) groups is 1. The number of hydrogen-bond acceptors (Lipinski definition) is 8. The number of hydrogen-bond donors (Lipinski definition) is 1. The van der Waals surface area contributed by atoms with Gasteiger partial charge in [-0.3, -0.25) is 8.75 Å². The number of quaternary nitrogens is 1. The van der Waals surface area contributed by atoms with Crippen molar-refractivity contribution in [2.24, 2.45) is 0 Å². The van der Waals surface area contributed by atoms with Crippen molar-refractivity contribution in [2.75, 3.05) is 28.3 Å². The van der Waals surface area contributed by atoms with Gasteiger partial charge in [0.05, 0.1) is 80.6 Å². The number of alkyl halides is 3. The maximum Gasteiger partial charge on any atom is 0.416 e. The second kappa shape index (κ2) is 17.5. The Morgan fingerprint density at radius 2 is 1.85 bits per heavy atom. The molecule has 0 aliphatic carbocycles. The quantitative estimate of drug-likeness (QED) is 0.112. The lowest BCUT2D eigenvalue weighted by atomic mass is 10.2. The zero-order chi connectivity index (χ0) is 40.7. The van der Waals surface area contributed by atoms with E-state index in [1.165, 1.54) is 37.0 Å². The van der Waals surface area contributed by atoms with Crippen LogP contribution < -0.4 is 11.0 Å². The maximum atomic E-state index is 14.0. The Bertz CT molecular complexity index is 2310. The second-order valence-electron chi connectivity index (χ2n) is 13.1. The third-order valence-corrected chi connectivity index (χ3v) is 9.13. The monoisotopic (exact) mass is 779 g/mol. The number of nitrogens with zero attached hydrogens (tertiary/aromatic N) is 7. The van der Waals surface area contributed by atoms with Crippen LogP contribution in [0.4, 0.5) is 18.0 Å². The van der Waals surface area contributed by atoms with Crippen molar-refractivity contribution < 1.29 is 35.3 Å². The van der Waals surface area contributed by atoms with Gasteiger partial charge in [-0.2, -0.15) is 23.5 Å². The summed E-state index contributed by atoms with van der Waals surface area (Å²) in [5, 5.41) is 16.3. The summed E-state index contributed by atoms with van der Waals surface area (Å²) in [4.78, 5) is 32.9. The standard InChI is InChI=1S/C31H29F3N8O3.C7H12O2S/c1-19(28-36-17-25(45-28)18-42(3,4)5)38-29(43)40-27(26-13-14-37-41(26)23-11-9-21(16-35)10-12-23)20(2)39(30(40)44)24-8-6-7-22(15-24)31(32,33)34;1-4-6-7(5-2)10(8)9-3/h6-15,17,19H,18H2,1-5H3;4,6H,1,5H2,2-3H3/p+1/b;7-6+/t19-;/m0./s1. The Balaban J connectivity index is 0.000000592. The van der Waals surface area contributed by atoms with Gasteiger partial charge in [0.2, 0.25) is 5.89 Å². The number of benzene rings is 2. The van der Waals surface area contributed by atoms with Crippen LogP contribution >= 0.6 is 0 Å². The summed E-state index contributed by atoms with van der Waals surface area (Å²) < 4.78 is 66.2. The Hall–Kier alpha value is -5.83. The van der Waals surface area contributed by atoms with E-state index >= 15 is 0 Å². The molecule has 1 N–H and O–H groups in total. The van der Waals surface area contributed by atoms with E-state index in [0.29, 0.717) is 33.7 Å². The highest BCUT2D eigenvalue weighted by atomic mass is 32.2. The number of imidazole rings is 1. The molecule has 0 radical (unpaired) electrons. The molecule has 0 saturated carbocycles. The Kier molecular flexibility index (Phi) is 13.4. The molecule has 1 unspecified atom stereocenters. The molecule has 0 aliphatic heterocycles. The molecule has 0 saturated heterocycles. The highest BCUT2D eigenvalue weighted by molar-refractivity contribution is 7.84. The zero-order valence-electron chi connectivity index (χ0n) is 31.4. The fraction of sp³-hybridized carbons (Fsp3) is 0.289. The van der Waals surface area contributed by atoms with E-state index in [0.717, 1.165) is 32.6 Å². The van der Waals surface area contributed by atoms with Crippen LogP contribution in [0.25, 0.3) is 22.8 Å². The van der Waals surface area contributed by atoms with Crippen molar-refractivity contribution in [1.29, 1.82) is 5.26 Å². The van der Waals surface area contributed by atoms with Crippen LogP contribution in [0.1, 0.15) is 54.8 Å². The van der Waals surface area contributed by atoms with Gasteiger partial charge in [-0.25, -0.2) is 28.0 Å². The summed E-state index contributed by atoms with van der Waals surface area (Å²) in [6, 6.07) is 12.8. The van der Waals surface area contributed by atoms with Gasteiger partial charge in [-0.15, -0.1) is 0 Å². The molecular weight excluding hydrogens is 738 g/mol. The number of allylic oxidation sites excluding steroid dienone is 3. The molecule has 0 aliphatic rings. The van der Waals surface area contributed by atoms with Gasteiger partial charge in [0.1, 0.15) is 18.3 Å². The van der Waals surface area contributed by atoms with E-state index in [1.54, 1.807) is 55.6 Å². The van der Waals surface area contributed by atoms with Gasteiger partial charge in [-0.05, 0) is 74.9 Å². The lowest BCUT2D eigenvalue weighted by Crippen LogP contribution is -2.38. The number of nitriles is 1. The molecule has 0 spiro atoms. The van der Waals surface area contributed by atoms with Crippen LogP contribution in [0.2, 0.25) is 0 Å². The topological polar surface area (TPSA) is 150 Å². The van der Waals surface area contributed by atoms with Gasteiger partial charge in [0.25, 0.3) is 0 Å². The third kappa shape index (κ3) is 10.0. The predicted octanol–water partition coefficient (Wildman–Crippen LogP) is 6.98. The molecule has 17 heteroatoms. The maximum absolute atomic E-state index is 14.0. The molecule has 2 aromatic carbocycles. The fourth-order valence-corrected chi connectivity index (χ4v) is 6.15. The average Bonchev–Trinajstić information content (AvgIpc) is 3.87. The molecule has 5 rings (SSSR count). The first kappa shape index (κ1) is 41.9. The Morgan fingerprint density at radius 3 is 2.44 bits per heavy atom. The van der Waals surface area contributed by atoms with Gasteiger partial charge in [-0.1, -0.05) is 25.6 Å². The minimum absolute atomic E-state index is 0.0738. The minimum Gasteiger partial charge on any atom is -0.437 e. The van der Waals surface area contributed by atoms with Crippen molar-refractivity contribution in [1.82, 2.24) is 29.2 Å². The molecule has 0 fully saturated rings. The molecule has 0 bridgehead atoms. The summed E-state index contributed by atoms with van der Waals surface area (Å²) in [7, 11) is 7.38. The van der Waals surface area contributed by atoms with Gasteiger partial charge >= 0.3 is 17.9 Å². The van der Waals surface area contributed by atoms with E-state index < -0.39 is 40.6 Å². The molecular formula is C38H42F3N8O5S+. The minimum atomic E-state index is -4.65. The largest absolute Gasteiger partial charge is 0.437 e. The molecule has 5 aromatic rings. The first-order valence-corrected chi connectivity index (χ1v) is 17.9. The number of nitrogens with one attached hydrogen (secondary N) is 1. The Labute approximate surface area is 318 Å². The van der Waals surface area contributed by atoms with E-state index in [2.05, 4.69) is 26.2 Å². The molecule has 3 heterocycles. The van der Waals surface area contributed by atoms with Crippen LogP contribution in [0.15, 0.2) is 99.8 Å². The smallest absolute Gasteiger partial charge is 0.416 e. The van der Waals surface area contributed by atoms with E-state index in [-0.39, 0.29) is 23.0 Å². The van der Waals surface area contributed by atoms with Crippen molar-refractivity contribution in [3.63, 3.8) is 0 Å². The number of halogens is 3. The molecule has 13 nitrogen and oxygen atoms in total. The van der Waals surface area contributed by atoms with Crippen LogP contribution in [0.5, 0.6) is 0 Å². The summed E-state index contributed by atoms with van der Waals surface area (Å²) >= 11 is -1.27. The summed E-state index contributed by atoms with van der Waals surface area (Å²) in [5.74, 6) is 0.826. The first-order chi connectivity index (χ1) is 25.9. The number of rotatable bonds is 11. The highest BCUT2D eigenvalue weighted by Crippen LogP contribution is 2.32. The third-order valence-electron chi connectivity index (χ3n) is 7.98. The normalized spacial score (nSPS) is 13.0. The second-order valence-corrected chi connectivity index (χ2v) is 14.5. The summed E-state index contributed by atoms with van der Waals surface area (Å²) in [6.45, 7) is 9.15. The average molecular weight is 780 g/mol. The van der Waals surface area contributed by atoms with Crippen molar-refractivity contribution in [3.05, 3.63) is 130 Å². The molecule has 55 heavy (non-hydrogen) atoms. The van der Waals surface area contributed by atoms with Crippen LogP contribution in [0.3, 0.4) is 0 Å². The molecule has 1 amide bonds. The van der Waals surface area contributed by atoms with Gasteiger partial charge < -0.3 is 14.2 Å². The van der Waals surface area contributed by atoms with E-state index in [9.17, 15) is 32.2 Å². The lowest BCUT2D eigenvalue weighted by Gasteiger charge is -2.21. The number of amides is 1. The van der Waals surface area contributed by atoms with Crippen molar-refractivity contribution in [3.8, 4) is 28.8 Å². The van der Waals surface area contributed by atoms with Crippen LogP contribution in [-0.4, -0.2) is 66.9 Å². The predicted molar refractivity (Wildman–Crippen MR) is 201 cm³/mol. The van der Waals surface area contributed by atoms with E-state index in [4.69, 9.17) is 4.42 Å². The lowest BCUT2D eigenvalue weighted by molar-refractivity contribution is -0.884. The fourth-order valence-electron chi connectivity index (χ4n) is 5.49. The molecule has 2 atom stereocenters. The zero-order valence-corrected chi connectivity index (χ0v) is 32.2. The summed E-state index contributed by atoms with van der Waals surface area (Å²) in [5.41, 5.74) is -0.370. The number of carbonyl (C=O) groups excluding carboxylic acids is 1. The SMILES string of the molecule is C=C/C=C(\CC)S(=O)OC.Cc1c(-c2ccnn2-c2ccc(C#N)cc2)n(C(=O)N[C@@H](C)c2ncc(C[N+](C)(C)C)o2)c(=O)n1-c1cccc(C(F)(F)F)c1. The molecule has 290 valence electrons. The van der Waals surface area contributed by atoms with Crippen LogP contribution in [0, 0.1) is 18.3 Å². The number of aromatic nitrogens is 5. The van der Waals surface area contributed by atoms with E-state index in [1.807, 2.05) is 34.1 Å². The molecule has 3 aromatic heterocycles. The summed E-state index contributed by atoms with van der Waals surface area (Å²) in [6.07, 6.45) is 2.43. The van der Waals surface area contributed by atoms with Crippen molar-refractivity contribution >= 4 is 17.1 Å². The Morgan fingerprint density at radius 1 is 1.16 bits per heavy atom. The highest BCUT2D eigenvalue weighted by Gasteiger charge is 2.32. The first-order valence-electron chi connectivity index (χ1n) is 16.8. The number of oxazole rings is 1.